The highest BCUT2D eigenvalue weighted by Gasteiger charge is 2.34. The predicted molar refractivity (Wildman–Crippen MR) is 120 cm³/mol. The minimum absolute atomic E-state index is 0.00328. The lowest BCUT2D eigenvalue weighted by molar-refractivity contribution is -0.120. The molecule has 160 valence electrons. The van der Waals surface area contributed by atoms with Crippen molar-refractivity contribution < 1.29 is 9.90 Å². The summed E-state index contributed by atoms with van der Waals surface area (Å²) in [6.07, 6.45) is 3.41. The fraction of sp³-hybridized carbons (Fsp3) is 0.500. The molecule has 0 radical (unpaired) electrons. The Balaban J connectivity index is 1.45. The minimum atomic E-state index is -0.00328. The van der Waals surface area contributed by atoms with Crippen LogP contribution in [0.25, 0.3) is 0 Å². The number of piperazine rings is 1. The highest BCUT2D eigenvalue weighted by molar-refractivity contribution is 5.96. The van der Waals surface area contributed by atoms with Gasteiger partial charge in [0, 0.05) is 63.1 Å². The van der Waals surface area contributed by atoms with Crippen LogP contribution >= 0.6 is 0 Å². The second-order valence-electron chi connectivity index (χ2n) is 8.63. The zero-order valence-corrected chi connectivity index (χ0v) is 18.0. The van der Waals surface area contributed by atoms with Crippen LogP contribution in [0.5, 0.6) is 0 Å². The number of aromatic nitrogens is 1. The molecule has 2 saturated heterocycles. The van der Waals surface area contributed by atoms with Gasteiger partial charge in [-0.1, -0.05) is 31.2 Å². The number of aliphatic hydroxyl groups is 1. The molecule has 2 aromatic rings. The quantitative estimate of drug-likeness (QED) is 0.796. The Hall–Kier alpha value is -2.44. The van der Waals surface area contributed by atoms with Crippen molar-refractivity contribution in [2.75, 3.05) is 56.2 Å². The predicted octanol–water partition coefficient (Wildman–Crippen LogP) is 2.52. The monoisotopic (exact) mass is 408 g/mol. The largest absolute Gasteiger partial charge is 0.396 e. The van der Waals surface area contributed by atoms with E-state index in [0.717, 1.165) is 44.6 Å². The SMILES string of the molecule is C[C@H](CO)c1ccc(N2CCC(Cc3ccccc3N3CCN(C)CC3)C2=O)nc1. The maximum atomic E-state index is 13.1. The Morgan fingerprint density at radius 1 is 1.10 bits per heavy atom. The Morgan fingerprint density at radius 2 is 1.87 bits per heavy atom. The van der Waals surface area contributed by atoms with Gasteiger partial charge in [0.15, 0.2) is 0 Å². The lowest BCUT2D eigenvalue weighted by Crippen LogP contribution is -2.44. The molecule has 2 atom stereocenters. The van der Waals surface area contributed by atoms with Crippen molar-refractivity contribution >= 4 is 17.4 Å². The molecule has 3 heterocycles. The highest BCUT2D eigenvalue weighted by atomic mass is 16.3. The van der Waals surface area contributed by atoms with E-state index in [1.165, 1.54) is 11.3 Å². The fourth-order valence-corrected chi connectivity index (χ4v) is 4.41. The summed E-state index contributed by atoms with van der Waals surface area (Å²) in [7, 11) is 2.17. The topological polar surface area (TPSA) is 59.9 Å². The number of carbonyl (C=O) groups excluding carboxylic acids is 1. The summed E-state index contributed by atoms with van der Waals surface area (Å²) < 4.78 is 0. The molecule has 0 spiro atoms. The summed E-state index contributed by atoms with van der Waals surface area (Å²) in [5, 5.41) is 9.32. The van der Waals surface area contributed by atoms with Crippen molar-refractivity contribution in [1.82, 2.24) is 9.88 Å². The molecule has 30 heavy (non-hydrogen) atoms. The molecule has 1 amide bonds. The number of pyridine rings is 1. The number of nitrogens with zero attached hydrogens (tertiary/aromatic N) is 4. The third kappa shape index (κ3) is 4.35. The fourth-order valence-electron chi connectivity index (χ4n) is 4.41. The maximum Gasteiger partial charge on any atom is 0.231 e. The summed E-state index contributed by atoms with van der Waals surface area (Å²) in [6, 6.07) is 12.4. The van der Waals surface area contributed by atoms with Gasteiger partial charge in [0.2, 0.25) is 5.91 Å². The van der Waals surface area contributed by atoms with Gasteiger partial charge < -0.3 is 14.9 Å². The molecule has 6 nitrogen and oxygen atoms in total. The first-order chi connectivity index (χ1) is 14.6. The van der Waals surface area contributed by atoms with Gasteiger partial charge in [-0.3, -0.25) is 9.69 Å². The number of aliphatic hydroxyl groups excluding tert-OH is 1. The molecular weight excluding hydrogens is 376 g/mol. The number of amides is 1. The van der Waals surface area contributed by atoms with Crippen molar-refractivity contribution in [1.29, 1.82) is 0 Å². The summed E-state index contributed by atoms with van der Waals surface area (Å²) in [5.41, 5.74) is 3.53. The number of rotatable bonds is 6. The molecule has 0 aliphatic carbocycles. The number of anilines is 2. The molecule has 1 N–H and O–H groups in total. The third-order valence-corrected chi connectivity index (χ3v) is 6.51. The first kappa shape index (κ1) is 20.8. The third-order valence-electron chi connectivity index (χ3n) is 6.51. The van der Waals surface area contributed by atoms with Gasteiger partial charge in [-0.2, -0.15) is 0 Å². The average molecular weight is 409 g/mol. The number of hydrogen-bond donors (Lipinski definition) is 1. The van der Waals surface area contributed by atoms with Gasteiger partial charge in [0.1, 0.15) is 5.82 Å². The van der Waals surface area contributed by atoms with Crippen molar-refractivity contribution in [3.05, 3.63) is 53.7 Å². The smallest absolute Gasteiger partial charge is 0.231 e. The van der Waals surface area contributed by atoms with Gasteiger partial charge in [-0.25, -0.2) is 4.98 Å². The molecule has 4 rings (SSSR count). The van der Waals surface area contributed by atoms with Crippen molar-refractivity contribution in [3.63, 3.8) is 0 Å². The van der Waals surface area contributed by atoms with Crippen molar-refractivity contribution in [2.24, 2.45) is 5.92 Å². The van der Waals surface area contributed by atoms with E-state index < -0.39 is 0 Å². The van der Waals surface area contributed by atoms with Crippen LogP contribution in [0.15, 0.2) is 42.6 Å². The summed E-state index contributed by atoms with van der Waals surface area (Å²) in [6.45, 7) is 6.97. The van der Waals surface area contributed by atoms with Crippen LogP contribution in [0.3, 0.4) is 0 Å². The first-order valence-corrected chi connectivity index (χ1v) is 11.0. The lowest BCUT2D eigenvalue weighted by Gasteiger charge is -2.35. The number of carbonyl (C=O) groups is 1. The van der Waals surface area contributed by atoms with E-state index in [9.17, 15) is 9.90 Å². The number of likely N-dealkylation sites (N-methyl/N-ethyl adjacent to an activating group) is 1. The van der Waals surface area contributed by atoms with Gasteiger partial charge in [-0.05, 0) is 43.1 Å². The lowest BCUT2D eigenvalue weighted by atomic mass is 9.96. The van der Waals surface area contributed by atoms with Crippen LogP contribution in [0.2, 0.25) is 0 Å². The van der Waals surface area contributed by atoms with Gasteiger partial charge in [-0.15, -0.1) is 0 Å². The highest BCUT2D eigenvalue weighted by Crippen LogP contribution is 2.31. The Bertz CT molecular complexity index is 862. The van der Waals surface area contributed by atoms with Crippen LogP contribution in [0.1, 0.15) is 30.4 Å². The molecule has 2 aliphatic rings. The molecule has 6 heteroatoms. The molecular formula is C24H32N4O2. The van der Waals surface area contributed by atoms with Crippen LogP contribution in [-0.4, -0.2) is 67.3 Å². The van der Waals surface area contributed by atoms with E-state index in [-0.39, 0.29) is 24.3 Å². The Morgan fingerprint density at radius 3 is 2.57 bits per heavy atom. The zero-order chi connectivity index (χ0) is 21.1. The van der Waals surface area contributed by atoms with Crippen molar-refractivity contribution in [2.45, 2.75) is 25.7 Å². The summed E-state index contributed by atoms with van der Waals surface area (Å²) >= 11 is 0. The molecule has 1 aromatic heterocycles. The molecule has 2 aliphatic heterocycles. The Labute approximate surface area is 179 Å². The second-order valence-corrected chi connectivity index (χ2v) is 8.63. The van der Waals surface area contributed by atoms with Crippen molar-refractivity contribution in [3.8, 4) is 0 Å². The van der Waals surface area contributed by atoms with Gasteiger partial charge in [0.25, 0.3) is 0 Å². The van der Waals surface area contributed by atoms with E-state index in [1.807, 2.05) is 24.0 Å². The van der Waals surface area contributed by atoms with E-state index in [2.05, 4.69) is 46.1 Å². The molecule has 0 bridgehead atoms. The van der Waals surface area contributed by atoms with Crippen LogP contribution in [0, 0.1) is 5.92 Å². The number of para-hydroxylation sites is 1. The van der Waals surface area contributed by atoms with E-state index in [1.54, 1.807) is 6.20 Å². The van der Waals surface area contributed by atoms with E-state index in [0.29, 0.717) is 12.4 Å². The molecule has 1 aromatic carbocycles. The zero-order valence-electron chi connectivity index (χ0n) is 18.0. The Kier molecular flexibility index (Phi) is 6.35. The molecule has 0 saturated carbocycles. The van der Waals surface area contributed by atoms with Crippen LogP contribution in [-0.2, 0) is 11.2 Å². The minimum Gasteiger partial charge on any atom is -0.396 e. The van der Waals surface area contributed by atoms with Crippen LogP contribution in [0.4, 0.5) is 11.5 Å². The summed E-state index contributed by atoms with van der Waals surface area (Å²) in [4.78, 5) is 24.3. The average Bonchev–Trinajstić information content (AvgIpc) is 3.14. The van der Waals surface area contributed by atoms with Gasteiger partial charge >= 0.3 is 0 Å². The molecule has 1 unspecified atom stereocenters. The van der Waals surface area contributed by atoms with Crippen LogP contribution < -0.4 is 9.80 Å². The number of benzene rings is 1. The standard InChI is InChI=1S/C24H32N4O2/c1-18(17-29)21-7-8-23(25-16-21)28-10-9-20(24(28)30)15-19-5-3-4-6-22(19)27-13-11-26(2)12-14-27/h3-8,16,18,20,29H,9-15,17H2,1-2H3/t18-,20?/m1/s1. The van der Waals surface area contributed by atoms with E-state index in [4.69, 9.17) is 0 Å². The summed E-state index contributed by atoms with van der Waals surface area (Å²) in [5.74, 6) is 0.929. The number of hydrogen-bond acceptors (Lipinski definition) is 5. The van der Waals surface area contributed by atoms with E-state index >= 15 is 0 Å². The van der Waals surface area contributed by atoms with Gasteiger partial charge in [0.05, 0.1) is 0 Å². The second kappa shape index (κ2) is 9.14. The first-order valence-electron chi connectivity index (χ1n) is 11.0. The molecule has 2 fully saturated rings. The normalized spacial score (nSPS) is 21.3. The maximum absolute atomic E-state index is 13.1.